The van der Waals surface area contributed by atoms with Crippen LogP contribution in [0.5, 0.6) is 0 Å². The molecule has 3 rings (SSSR count). The van der Waals surface area contributed by atoms with Crippen molar-refractivity contribution in [2.45, 2.75) is 43.8 Å². The predicted octanol–water partition coefficient (Wildman–Crippen LogP) is 2.24. The maximum Gasteiger partial charge on any atom is 0.242 e. The van der Waals surface area contributed by atoms with Gasteiger partial charge in [-0.15, -0.1) is 22.7 Å². The van der Waals surface area contributed by atoms with E-state index in [4.69, 9.17) is 0 Å². The topological polar surface area (TPSA) is 71.1 Å². The number of aryl methyl sites for hydroxylation is 1. The molecule has 0 bridgehead atoms. The summed E-state index contributed by atoms with van der Waals surface area (Å²) in [5.41, 5.74) is 0. The number of hydrogen-bond donors (Lipinski definition) is 2. The minimum Gasteiger partial charge on any atom is -0.309 e. The number of thiazole rings is 1. The second kappa shape index (κ2) is 6.13. The zero-order valence-corrected chi connectivity index (χ0v) is 14.1. The molecule has 2 N–H and O–H groups in total. The summed E-state index contributed by atoms with van der Waals surface area (Å²) in [5, 5.41) is 5.96. The van der Waals surface area contributed by atoms with E-state index in [1.807, 2.05) is 12.3 Å². The third-order valence-electron chi connectivity index (χ3n) is 3.21. The lowest BCUT2D eigenvalue weighted by Gasteiger charge is -2.07. The van der Waals surface area contributed by atoms with Gasteiger partial charge in [0.2, 0.25) is 10.0 Å². The highest BCUT2D eigenvalue weighted by molar-refractivity contribution is 7.89. The molecule has 21 heavy (non-hydrogen) atoms. The van der Waals surface area contributed by atoms with Crippen molar-refractivity contribution in [2.24, 2.45) is 0 Å². The van der Waals surface area contributed by atoms with Crippen molar-refractivity contribution >= 4 is 32.7 Å². The minimum absolute atomic E-state index is 0.242. The summed E-state index contributed by atoms with van der Waals surface area (Å²) in [6.45, 7) is 2.82. The predicted molar refractivity (Wildman–Crippen MR) is 85.1 cm³/mol. The van der Waals surface area contributed by atoms with Crippen molar-refractivity contribution in [1.82, 2.24) is 15.0 Å². The number of thiophene rings is 1. The van der Waals surface area contributed by atoms with Crippen LogP contribution in [-0.2, 0) is 23.1 Å². The van der Waals surface area contributed by atoms with E-state index in [2.05, 4.69) is 15.0 Å². The molecule has 1 aliphatic rings. The van der Waals surface area contributed by atoms with Gasteiger partial charge in [0.25, 0.3) is 0 Å². The lowest BCUT2D eigenvalue weighted by atomic mass is 10.4. The Hall–Kier alpha value is -0.800. The maximum absolute atomic E-state index is 12.4. The monoisotopic (exact) mass is 343 g/mol. The van der Waals surface area contributed by atoms with E-state index in [1.165, 1.54) is 35.5 Å². The van der Waals surface area contributed by atoms with Crippen LogP contribution in [0.4, 0.5) is 0 Å². The zero-order chi connectivity index (χ0) is 14.9. The molecule has 2 heterocycles. The summed E-state index contributed by atoms with van der Waals surface area (Å²) < 4.78 is 27.4. The smallest absolute Gasteiger partial charge is 0.242 e. The molecule has 2 aromatic heterocycles. The number of nitrogens with one attached hydrogen (secondary N) is 2. The van der Waals surface area contributed by atoms with Gasteiger partial charge in [0, 0.05) is 28.5 Å². The third kappa shape index (κ3) is 3.89. The summed E-state index contributed by atoms with van der Waals surface area (Å²) in [6, 6.07) is 2.23. The van der Waals surface area contributed by atoms with Crippen molar-refractivity contribution < 1.29 is 8.42 Å². The first kappa shape index (κ1) is 15.1. The van der Waals surface area contributed by atoms with Crippen molar-refractivity contribution in [3.05, 3.63) is 32.4 Å². The van der Waals surface area contributed by atoms with Crippen LogP contribution >= 0.6 is 22.7 Å². The fourth-order valence-electron chi connectivity index (χ4n) is 1.94. The Morgan fingerprint density at radius 3 is 2.86 bits per heavy atom. The fourth-order valence-corrected chi connectivity index (χ4v) is 5.14. The van der Waals surface area contributed by atoms with Gasteiger partial charge in [-0.05, 0) is 31.2 Å². The number of nitrogens with zero attached hydrogens (tertiary/aromatic N) is 1. The Bertz CT molecular complexity index is 717. The van der Waals surface area contributed by atoms with Crippen LogP contribution in [0, 0.1) is 6.92 Å². The molecular formula is C13H17N3O2S3. The van der Waals surface area contributed by atoms with Gasteiger partial charge in [0.1, 0.15) is 5.01 Å². The van der Waals surface area contributed by atoms with Gasteiger partial charge in [-0.25, -0.2) is 18.1 Å². The SMILES string of the molecule is Cc1cnc(CNS(=O)(=O)c2ccsc2CNC2CC2)s1. The van der Waals surface area contributed by atoms with E-state index in [0.29, 0.717) is 17.5 Å². The molecule has 8 heteroatoms. The molecule has 0 unspecified atom stereocenters. The fraction of sp³-hybridized carbons (Fsp3) is 0.462. The molecule has 1 saturated carbocycles. The van der Waals surface area contributed by atoms with Crippen molar-refractivity contribution in [1.29, 1.82) is 0 Å². The Labute approximate surface area is 132 Å². The van der Waals surface area contributed by atoms with Crippen molar-refractivity contribution in [3.63, 3.8) is 0 Å². The zero-order valence-electron chi connectivity index (χ0n) is 11.6. The Morgan fingerprint density at radius 2 is 2.19 bits per heavy atom. The Kier molecular flexibility index (Phi) is 4.41. The van der Waals surface area contributed by atoms with E-state index in [-0.39, 0.29) is 6.54 Å². The molecule has 1 fully saturated rings. The normalized spacial score (nSPS) is 15.5. The highest BCUT2D eigenvalue weighted by Gasteiger charge is 2.23. The molecule has 2 aromatic rings. The van der Waals surface area contributed by atoms with E-state index in [9.17, 15) is 8.42 Å². The number of rotatable bonds is 7. The van der Waals surface area contributed by atoms with E-state index in [1.54, 1.807) is 12.3 Å². The molecule has 0 aliphatic heterocycles. The molecule has 0 atom stereocenters. The van der Waals surface area contributed by atoms with Gasteiger partial charge >= 0.3 is 0 Å². The van der Waals surface area contributed by atoms with Crippen LogP contribution in [0.25, 0.3) is 0 Å². The van der Waals surface area contributed by atoms with Crippen LogP contribution in [-0.4, -0.2) is 19.4 Å². The highest BCUT2D eigenvalue weighted by Crippen LogP contribution is 2.25. The minimum atomic E-state index is -3.48. The first-order chi connectivity index (χ1) is 10.0. The second-order valence-electron chi connectivity index (χ2n) is 5.05. The van der Waals surface area contributed by atoms with Gasteiger partial charge in [-0.3, -0.25) is 0 Å². The molecule has 5 nitrogen and oxygen atoms in total. The average molecular weight is 343 g/mol. The van der Waals surface area contributed by atoms with Gasteiger partial charge in [-0.2, -0.15) is 0 Å². The van der Waals surface area contributed by atoms with E-state index < -0.39 is 10.0 Å². The summed E-state index contributed by atoms with van der Waals surface area (Å²) in [4.78, 5) is 6.50. The molecule has 0 aromatic carbocycles. The third-order valence-corrected chi connectivity index (χ3v) is 6.65. The number of sulfonamides is 1. The molecule has 0 spiro atoms. The lowest BCUT2D eigenvalue weighted by Crippen LogP contribution is -2.25. The van der Waals surface area contributed by atoms with Crippen molar-refractivity contribution in [2.75, 3.05) is 0 Å². The van der Waals surface area contributed by atoms with Crippen LogP contribution in [0.3, 0.4) is 0 Å². The lowest BCUT2D eigenvalue weighted by molar-refractivity contribution is 0.579. The van der Waals surface area contributed by atoms with Gasteiger partial charge in [0.15, 0.2) is 0 Å². The van der Waals surface area contributed by atoms with E-state index in [0.717, 1.165) is 14.8 Å². The standard InChI is InChI=1S/C13H17N3O2S3/c1-9-6-15-13(20-9)8-16-21(17,18)12-4-5-19-11(12)7-14-10-2-3-10/h4-6,10,14,16H,2-3,7-8H2,1H3. The summed E-state index contributed by atoms with van der Waals surface area (Å²) in [5.74, 6) is 0. The molecule has 1 aliphatic carbocycles. The quantitative estimate of drug-likeness (QED) is 0.809. The van der Waals surface area contributed by atoms with Gasteiger partial charge in [0.05, 0.1) is 11.4 Å². The molecular weight excluding hydrogens is 326 g/mol. The number of hydrogen-bond acceptors (Lipinski definition) is 6. The largest absolute Gasteiger partial charge is 0.309 e. The van der Waals surface area contributed by atoms with Crippen LogP contribution < -0.4 is 10.0 Å². The van der Waals surface area contributed by atoms with Crippen LogP contribution in [0.1, 0.15) is 27.6 Å². The molecule has 0 radical (unpaired) electrons. The van der Waals surface area contributed by atoms with Crippen LogP contribution in [0.2, 0.25) is 0 Å². The first-order valence-corrected chi connectivity index (χ1v) is 9.93. The number of aromatic nitrogens is 1. The molecule has 114 valence electrons. The summed E-state index contributed by atoms with van der Waals surface area (Å²) >= 11 is 2.98. The summed E-state index contributed by atoms with van der Waals surface area (Å²) in [7, 11) is -3.48. The Morgan fingerprint density at radius 1 is 1.38 bits per heavy atom. The molecule has 0 saturated heterocycles. The van der Waals surface area contributed by atoms with Crippen LogP contribution in [0.15, 0.2) is 22.5 Å². The maximum atomic E-state index is 12.4. The Balaban J connectivity index is 1.67. The van der Waals surface area contributed by atoms with Gasteiger partial charge < -0.3 is 5.32 Å². The highest BCUT2D eigenvalue weighted by atomic mass is 32.2. The second-order valence-corrected chi connectivity index (χ2v) is 9.11. The first-order valence-electron chi connectivity index (χ1n) is 6.75. The van der Waals surface area contributed by atoms with Crippen molar-refractivity contribution in [3.8, 4) is 0 Å². The van der Waals surface area contributed by atoms with E-state index >= 15 is 0 Å². The summed E-state index contributed by atoms with van der Waals surface area (Å²) in [6.07, 6.45) is 4.13. The molecule has 0 amide bonds. The average Bonchev–Trinajstić information content (AvgIpc) is 2.97. The van der Waals surface area contributed by atoms with Gasteiger partial charge in [-0.1, -0.05) is 0 Å².